The van der Waals surface area contributed by atoms with E-state index in [1.54, 1.807) is 0 Å². The Bertz CT molecular complexity index is 386. The molecule has 0 saturated carbocycles. The van der Waals surface area contributed by atoms with Crippen molar-refractivity contribution < 1.29 is 22.6 Å². The fourth-order valence-corrected chi connectivity index (χ4v) is 2.46. The van der Waals surface area contributed by atoms with Crippen LogP contribution in [0.15, 0.2) is 0 Å². The van der Waals surface area contributed by atoms with Gasteiger partial charge in [0, 0.05) is 12.5 Å². The van der Waals surface area contributed by atoms with Crippen LogP contribution < -0.4 is 5.32 Å². The van der Waals surface area contributed by atoms with Crippen LogP contribution in [-0.4, -0.2) is 37.0 Å². The van der Waals surface area contributed by atoms with Gasteiger partial charge in [-0.05, 0) is 19.8 Å². The molecule has 1 atom stereocenters. The van der Waals surface area contributed by atoms with E-state index in [9.17, 15) is 18.0 Å². The summed E-state index contributed by atoms with van der Waals surface area (Å²) in [6.45, 7) is 4.94. The second kappa shape index (κ2) is 7.48. The van der Waals surface area contributed by atoms with Gasteiger partial charge < -0.3 is 5.32 Å². The van der Waals surface area contributed by atoms with Crippen LogP contribution in [0, 0.1) is 11.8 Å². The summed E-state index contributed by atoms with van der Waals surface area (Å²) in [5.41, 5.74) is 0. The van der Waals surface area contributed by atoms with Crippen LogP contribution in [0.4, 0.5) is 0 Å². The van der Waals surface area contributed by atoms with Crippen LogP contribution >= 0.6 is 0 Å². The van der Waals surface area contributed by atoms with Crippen molar-refractivity contribution in [2.75, 3.05) is 12.3 Å². The van der Waals surface area contributed by atoms with Gasteiger partial charge in [-0.3, -0.25) is 14.1 Å². The largest absolute Gasteiger partial charge is 0.355 e. The molecule has 0 aromatic carbocycles. The zero-order valence-corrected chi connectivity index (χ0v) is 11.8. The third-order valence-corrected chi connectivity index (χ3v) is 3.69. The van der Waals surface area contributed by atoms with Crippen LogP contribution in [0.1, 0.15) is 33.6 Å². The van der Waals surface area contributed by atoms with Crippen LogP contribution in [-0.2, 0) is 19.7 Å². The van der Waals surface area contributed by atoms with Crippen molar-refractivity contribution in [1.82, 2.24) is 5.32 Å². The Balaban J connectivity index is 4.45. The second-order valence-corrected chi connectivity index (χ2v) is 5.81. The smallest absolute Gasteiger partial charge is 0.265 e. The fraction of sp³-hybridized carbons (Fsp3) is 0.818. The number of ketones is 1. The quantitative estimate of drug-likeness (QED) is 0.635. The predicted molar refractivity (Wildman–Crippen MR) is 67.7 cm³/mol. The lowest BCUT2D eigenvalue weighted by atomic mass is 10.0. The van der Waals surface area contributed by atoms with Gasteiger partial charge >= 0.3 is 0 Å². The minimum atomic E-state index is -4.22. The fourth-order valence-electron chi connectivity index (χ4n) is 1.60. The Morgan fingerprint density at radius 3 is 2.00 bits per heavy atom. The normalized spacial score (nSPS) is 13.4. The summed E-state index contributed by atoms with van der Waals surface area (Å²) in [7, 11) is -4.22. The van der Waals surface area contributed by atoms with Crippen LogP contribution in [0.25, 0.3) is 0 Å². The van der Waals surface area contributed by atoms with Gasteiger partial charge in [0.05, 0.1) is 11.7 Å². The summed E-state index contributed by atoms with van der Waals surface area (Å²) in [5, 5.41) is 2.55. The van der Waals surface area contributed by atoms with Gasteiger partial charge in [0.25, 0.3) is 10.1 Å². The van der Waals surface area contributed by atoms with Gasteiger partial charge in [-0.2, -0.15) is 8.42 Å². The van der Waals surface area contributed by atoms with Crippen molar-refractivity contribution >= 4 is 21.8 Å². The first-order valence-electron chi connectivity index (χ1n) is 5.94. The lowest BCUT2D eigenvalue weighted by molar-refractivity contribution is -0.125. The van der Waals surface area contributed by atoms with Crippen molar-refractivity contribution in [3.05, 3.63) is 0 Å². The van der Waals surface area contributed by atoms with Gasteiger partial charge in [-0.15, -0.1) is 0 Å². The van der Waals surface area contributed by atoms with E-state index in [0.29, 0.717) is 12.8 Å². The molecule has 2 N–H and O–H groups in total. The maximum absolute atomic E-state index is 11.7. The highest BCUT2D eigenvalue weighted by atomic mass is 32.2. The van der Waals surface area contributed by atoms with Crippen molar-refractivity contribution in [2.45, 2.75) is 33.6 Å². The van der Waals surface area contributed by atoms with E-state index in [1.165, 1.54) is 6.92 Å². The molecule has 0 aromatic rings. The second-order valence-electron chi connectivity index (χ2n) is 4.31. The highest BCUT2D eigenvalue weighted by Gasteiger charge is 2.23. The molecule has 0 rings (SSSR count). The number of hydrogen-bond donors (Lipinski definition) is 2. The summed E-state index contributed by atoms with van der Waals surface area (Å²) in [6.07, 6.45) is 1.37. The van der Waals surface area contributed by atoms with E-state index in [2.05, 4.69) is 5.32 Å². The van der Waals surface area contributed by atoms with Crippen molar-refractivity contribution in [3.63, 3.8) is 0 Å². The van der Waals surface area contributed by atoms with Crippen molar-refractivity contribution in [2.24, 2.45) is 11.8 Å². The zero-order valence-electron chi connectivity index (χ0n) is 11.0. The third-order valence-electron chi connectivity index (χ3n) is 2.87. The number of nitrogens with one attached hydrogen (secondary N) is 1. The summed E-state index contributed by atoms with van der Waals surface area (Å²) in [5.74, 6) is -2.27. The molecule has 1 amide bonds. The van der Waals surface area contributed by atoms with Crippen molar-refractivity contribution in [3.8, 4) is 0 Å². The number of carbonyl (C=O) groups is 2. The first-order chi connectivity index (χ1) is 8.21. The molecule has 0 spiro atoms. The molecule has 6 nitrogen and oxygen atoms in total. The van der Waals surface area contributed by atoms with Gasteiger partial charge in [-0.1, -0.05) is 13.8 Å². The molecule has 0 aliphatic heterocycles. The van der Waals surface area contributed by atoms with Crippen molar-refractivity contribution in [1.29, 1.82) is 0 Å². The first kappa shape index (κ1) is 17.1. The highest BCUT2D eigenvalue weighted by molar-refractivity contribution is 7.85. The monoisotopic (exact) mass is 279 g/mol. The van der Waals surface area contributed by atoms with Gasteiger partial charge in [-0.25, -0.2) is 0 Å². The number of amides is 1. The minimum absolute atomic E-state index is 0.0650. The predicted octanol–water partition coefficient (Wildman–Crippen LogP) is 0.632. The van der Waals surface area contributed by atoms with E-state index in [1.807, 2.05) is 13.8 Å². The van der Waals surface area contributed by atoms with Crippen LogP contribution in [0.5, 0.6) is 0 Å². The van der Waals surface area contributed by atoms with E-state index in [4.69, 9.17) is 4.55 Å². The molecule has 0 radical (unpaired) electrons. The Kier molecular flexibility index (Phi) is 7.08. The lowest BCUT2D eigenvalue weighted by Gasteiger charge is -2.16. The lowest BCUT2D eigenvalue weighted by Crippen LogP contribution is -2.38. The molecule has 0 aromatic heterocycles. The average Bonchev–Trinajstić information content (AvgIpc) is 2.24. The summed E-state index contributed by atoms with van der Waals surface area (Å²) in [6, 6.07) is 0. The number of rotatable bonds is 8. The van der Waals surface area contributed by atoms with Crippen LogP contribution in [0.3, 0.4) is 0 Å². The van der Waals surface area contributed by atoms with Gasteiger partial charge in [0.1, 0.15) is 5.78 Å². The molecule has 18 heavy (non-hydrogen) atoms. The summed E-state index contributed by atoms with van der Waals surface area (Å²) in [4.78, 5) is 22.9. The molecule has 0 saturated heterocycles. The Hall–Kier alpha value is -0.950. The highest BCUT2D eigenvalue weighted by Crippen LogP contribution is 2.08. The van der Waals surface area contributed by atoms with Gasteiger partial charge in [0.2, 0.25) is 5.91 Å². The molecule has 0 fully saturated rings. The molecule has 0 aliphatic carbocycles. The summed E-state index contributed by atoms with van der Waals surface area (Å²) >= 11 is 0. The molecular formula is C11H21NO5S. The number of hydrogen-bond acceptors (Lipinski definition) is 4. The average molecular weight is 279 g/mol. The SMILES string of the molecule is CCC(CC)C(=O)NCC(CS(=O)(=O)O)C(C)=O. The maximum atomic E-state index is 11.7. The van der Waals surface area contributed by atoms with E-state index < -0.39 is 21.8 Å². The van der Waals surface area contributed by atoms with Gasteiger partial charge in [0.15, 0.2) is 0 Å². The molecule has 0 aliphatic rings. The molecule has 0 bridgehead atoms. The van der Waals surface area contributed by atoms with E-state index >= 15 is 0 Å². The molecule has 0 heterocycles. The standard InChI is InChI=1S/C11H21NO5S/c1-4-9(5-2)11(14)12-6-10(8(3)13)7-18(15,16)17/h9-10H,4-7H2,1-3H3,(H,12,14)(H,15,16,17). The minimum Gasteiger partial charge on any atom is -0.355 e. The first-order valence-corrected chi connectivity index (χ1v) is 7.55. The van der Waals surface area contributed by atoms with E-state index in [0.717, 1.165) is 0 Å². The topological polar surface area (TPSA) is 101 Å². The molecule has 7 heteroatoms. The number of carbonyl (C=O) groups excluding carboxylic acids is 2. The number of Topliss-reactive ketones (excluding diaryl/α,β-unsaturated/α-hetero) is 1. The molecule has 1 unspecified atom stereocenters. The molecular weight excluding hydrogens is 258 g/mol. The zero-order chi connectivity index (χ0) is 14.3. The Labute approximate surface area is 108 Å². The summed E-state index contributed by atoms with van der Waals surface area (Å²) < 4.78 is 30.2. The maximum Gasteiger partial charge on any atom is 0.265 e. The van der Waals surface area contributed by atoms with E-state index in [-0.39, 0.29) is 24.2 Å². The molecule has 106 valence electrons. The van der Waals surface area contributed by atoms with Crippen LogP contribution in [0.2, 0.25) is 0 Å². The third kappa shape index (κ3) is 6.70. The Morgan fingerprint density at radius 1 is 1.17 bits per heavy atom. The Morgan fingerprint density at radius 2 is 1.67 bits per heavy atom.